The summed E-state index contributed by atoms with van der Waals surface area (Å²) in [4.78, 5) is 17.3. The molecule has 0 aliphatic carbocycles. The number of nitrogens with one attached hydrogen (secondary N) is 2. The van der Waals surface area contributed by atoms with Crippen LogP contribution < -0.4 is 10.6 Å². The first-order chi connectivity index (χ1) is 15.2. The molecule has 1 heterocycles. The second kappa shape index (κ2) is 9.96. The zero-order chi connectivity index (χ0) is 23.4. The Balaban J connectivity index is 1.84. The topological polar surface area (TPSA) is 71.3 Å². The van der Waals surface area contributed by atoms with Gasteiger partial charge in [-0.25, -0.2) is 4.39 Å². The minimum absolute atomic E-state index is 0.212. The molecule has 32 heavy (non-hydrogen) atoms. The van der Waals surface area contributed by atoms with Crippen LogP contribution in [0, 0.1) is 33.5 Å². The smallest absolute Gasteiger partial charge is 0.258 e. The number of guanidine groups is 1. The van der Waals surface area contributed by atoms with Crippen LogP contribution in [0.5, 0.6) is 0 Å². The minimum Gasteiger partial charge on any atom is -0.326 e. The van der Waals surface area contributed by atoms with Gasteiger partial charge in [0.15, 0.2) is 0 Å². The number of hydrogen-bond donors (Lipinski definition) is 2. The molecule has 168 valence electrons. The predicted octanol–water partition coefficient (Wildman–Crippen LogP) is 4.89. The van der Waals surface area contributed by atoms with Gasteiger partial charge < -0.3 is 5.32 Å². The van der Waals surface area contributed by atoms with E-state index >= 15 is 0 Å². The summed E-state index contributed by atoms with van der Waals surface area (Å²) in [6.07, 6.45) is 0.667. The summed E-state index contributed by atoms with van der Waals surface area (Å²) in [6.45, 7) is 7.94. The lowest BCUT2D eigenvalue weighted by Gasteiger charge is -2.14. The Kier molecular flexibility index (Phi) is 7.30. The van der Waals surface area contributed by atoms with Gasteiger partial charge in [-0.05, 0) is 75.1 Å². The van der Waals surface area contributed by atoms with Crippen molar-refractivity contribution in [1.29, 1.82) is 0 Å². The van der Waals surface area contributed by atoms with Gasteiger partial charge in [-0.3, -0.25) is 19.8 Å². The summed E-state index contributed by atoms with van der Waals surface area (Å²) in [6, 6.07) is 9.83. The van der Waals surface area contributed by atoms with Crippen LogP contribution in [0.3, 0.4) is 0 Å². The zero-order valence-corrected chi connectivity index (χ0v) is 19.6. The number of aryl methyl sites for hydroxylation is 3. The maximum Gasteiger partial charge on any atom is 0.258 e. The van der Waals surface area contributed by atoms with Crippen LogP contribution in [-0.2, 0) is 13.5 Å². The predicted molar refractivity (Wildman–Crippen MR) is 127 cm³/mol. The van der Waals surface area contributed by atoms with Crippen molar-refractivity contribution < 1.29 is 9.18 Å². The Bertz CT molecular complexity index is 1190. The van der Waals surface area contributed by atoms with Crippen molar-refractivity contribution in [1.82, 2.24) is 15.1 Å². The molecule has 6 nitrogen and oxygen atoms in total. The average molecular weight is 456 g/mol. The lowest BCUT2D eigenvalue weighted by atomic mass is 10.1. The lowest BCUT2D eigenvalue weighted by molar-refractivity contribution is 0.0976. The third-order valence-corrected chi connectivity index (χ3v) is 5.89. The van der Waals surface area contributed by atoms with Gasteiger partial charge in [-0.2, -0.15) is 5.10 Å². The fourth-order valence-corrected chi connectivity index (χ4v) is 3.53. The Morgan fingerprint density at radius 1 is 1.19 bits per heavy atom. The van der Waals surface area contributed by atoms with Crippen molar-refractivity contribution in [2.45, 2.75) is 34.1 Å². The molecule has 1 aromatic heterocycles. The summed E-state index contributed by atoms with van der Waals surface area (Å²) in [5.74, 6) is -0.624. The number of benzene rings is 2. The normalized spacial score (nSPS) is 11.5. The number of aromatic nitrogens is 2. The van der Waals surface area contributed by atoms with E-state index in [9.17, 15) is 9.18 Å². The van der Waals surface area contributed by atoms with E-state index in [-0.39, 0.29) is 11.5 Å². The maximum atomic E-state index is 13.9. The van der Waals surface area contributed by atoms with E-state index in [2.05, 4.69) is 20.7 Å². The first-order valence-electron chi connectivity index (χ1n) is 10.3. The number of aliphatic imine (C=N–C) groups is 1. The van der Waals surface area contributed by atoms with E-state index in [4.69, 9.17) is 11.6 Å². The van der Waals surface area contributed by atoms with Crippen molar-refractivity contribution in [3.8, 4) is 0 Å². The number of nitrogens with zero attached hydrogens (tertiary/aromatic N) is 3. The molecule has 0 bridgehead atoms. The highest BCUT2D eigenvalue weighted by Gasteiger charge is 2.14. The molecule has 2 N–H and O–H groups in total. The van der Waals surface area contributed by atoms with Gasteiger partial charge in [-0.15, -0.1) is 0 Å². The quantitative estimate of drug-likeness (QED) is 0.425. The molecule has 0 atom stereocenters. The van der Waals surface area contributed by atoms with Gasteiger partial charge in [0.05, 0.1) is 5.69 Å². The highest BCUT2D eigenvalue weighted by molar-refractivity contribution is 6.31. The number of halogens is 2. The van der Waals surface area contributed by atoms with E-state index in [1.807, 2.05) is 44.6 Å². The number of hydrogen-bond acceptors (Lipinski definition) is 3. The molecule has 0 aliphatic rings. The number of carbonyl (C=O) groups is 1. The molecule has 0 unspecified atom stereocenters. The van der Waals surface area contributed by atoms with Crippen molar-refractivity contribution in [2.75, 3.05) is 11.9 Å². The minimum atomic E-state index is -0.455. The van der Waals surface area contributed by atoms with Gasteiger partial charge in [0.1, 0.15) is 5.82 Å². The fourth-order valence-electron chi connectivity index (χ4n) is 3.35. The second-order valence-corrected chi connectivity index (χ2v) is 8.12. The number of carbonyl (C=O) groups excluding carboxylic acids is 1. The van der Waals surface area contributed by atoms with Crippen LogP contribution in [-0.4, -0.2) is 28.2 Å². The molecule has 3 aromatic rings. The highest BCUT2D eigenvalue weighted by Crippen LogP contribution is 2.23. The Morgan fingerprint density at radius 3 is 2.59 bits per heavy atom. The largest absolute Gasteiger partial charge is 0.326 e. The Hall–Kier alpha value is -3.19. The molecule has 0 saturated heterocycles. The number of rotatable bonds is 5. The molecule has 0 fully saturated rings. The van der Waals surface area contributed by atoms with Crippen LogP contribution in [0.4, 0.5) is 10.1 Å². The zero-order valence-electron chi connectivity index (χ0n) is 18.9. The van der Waals surface area contributed by atoms with Gasteiger partial charge >= 0.3 is 0 Å². The second-order valence-electron chi connectivity index (χ2n) is 7.71. The van der Waals surface area contributed by atoms with Crippen molar-refractivity contribution in [2.24, 2.45) is 12.0 Å². The van der Waals surface area contributed by atoms with Crippen LogP contribution in [0.15, 0.2) is 41.4 Å². The van der Waals surface area contributed by atoms with Crippen LogP contribution in [0.2, 0.25) is 5.02 Å². The van der Waals surface area contributed by atoms with E-state index in [0.29, 0.717) is 23.6 Å². The van der Waals surface area contributed by atoms with Crippen LogP contribution in [0.25, 0.3) is 0 Å². The third kappa shape index (κ3) is 5.34. The van der Waals surface area contributed by atoms with E-state index in [0.717, 1.165) is 28.2 Å². The third-order valence-electron chi connectivity index (χ3n) is 5.48. The summed E-state index contributed by atoms with van der Waals surface area (Å²) >= 11 is 6.23. The molecule has 1 amide bonds. The van der Waals surface area contributed by atoms with E-state index in [1.165, 1.54) is 6.07 Å². The van der Waals surface area contributed by atoms with Crippen molar-refractivity contribution in [3.05, 3.63) is 80.9 Å². The summed E-state index contributed by atoms with van der Waals surface area (Å²) < 4.78 is 15.8. The van der Waals surface area contributed by atoms with E-state index < -0.39 is 11.7 Å². The highest BCUT2D eigenvalue weighted by atomic mass is 35.5. The molecule has 3 rings (SSSR count). The Morgan fingerprint density at radius 2 is 1.94 bits per heavy atom. The molecule has 8 heteroatoms. The number of amides is 1. The Labute approximate surface area is 192 Å². The summed E-state index contributed by atoms with van der Waals surface area (Å²) in [5.41, 5.74) is 5.41. The van der Waals surface area contributed by atoms with Gasteiger partial charge in [0.25, 0.3) is 5.91 Å². The molecule has 2 aromatic carbocycles. The standard InChI is InChI=1S/C24H27ClFN5O/c1-14-9-10-18(13-21(14)26)23(32)29-24(28-22-8-6-7-20(25)15(22)2)27-12-11-19-16(3)30-31(5)17(19)4/h6-10,13H,11-12H2,1-5H3,(H2,27,28,29,32). The SMILES string of the molecule is Cc1ccc(C(=O)NC(=NCCc2c(C)nn(C)c2C)Nc2cccc(Cl)c2C)cc1F. The van der Waals surface area contributed by atoms with Crippen molar-refractivity contribution in [3.63, 3.8) is 0 Å². The van der Waals surface area contributed by atoms with Crippen molar-refractivity contribution >= 4 is 29.2 Å². The molecule has 0 radical (unpaired) electrons. The molecular formula is C24H27ClFN5O. The number of anilines is 1. The monoisotopic (exact) mass is 455 g/mol. The first-order valence-corrected chi connectivity index (χ1v) is 10.7. The van der Waals surface area contributed by atoms with Crippen LogP contribution in [0.1, 0.15) is 38.4 Å². The van der Waals surface area contributed by atoms with Gasteiger partial charge in [0.2, 0.25) is 5.96 Å². The fraction of sp³-hybridized carbons (Fsp3) is 0.292. The van der Waals surface area contributed by atoms with Gasteiger partial charge in [-0.1, -0.05) is 23.7 Å². The molecular weight excluding hydrogens is 429 g/mol. The summed E-state index contributed by atoms with van der Waals surface area (Å²) in [7, 11) is 1.91. The molecule has 0 spiro atoms. The summed E-state index contributed by atoms with van der Waals surface area (Å²) in [5, 5.41) is 11.0. The average Bonchev–Trinajstić information content (AvgIpc) is 2.99. The maximum absolute atomic E-state index is 13.9. The lowest BCUT2D eigenvalue weighted by Crippen LogP contribution is -2.36. The van der Waals surface area contributed by atoms with E-state index in [1.54, 1.807) is 25.1 Å². The molecule has 0 saturated carbocycles. The van der Waals surface area contributed by atoms with Gasteiger partial charge in [0, 0.05) is 35.6 Å². The molecule has 0 aliphatic heterocycles. The van der Waals surface area contributed by atoms with Crippen LogP contribution >= 0.6 is 11.6 Å². The first kappa shape index (κ1) is 23.5.